The predicted molar refractivity (Wildman–Crippen MR) is 124 cm³/mol. The van der Waals surface area contributed by atoms with Crippen LogP contribution >= 0.6 is 0 Å². The minimum Gasteiger partial charge on any atom is -0.497 e. The summed E-state index contributed by atoms with van der Waals surface area (Å²) in [5, 5.41) is 0. The van der Waals surface area contributed by atoms with Gasteiger partial charge in [0.2, 0.25) is 0 Å². The first-order valence-electron chi connectivity index (χ1n) is 10.5. The lowest BCUT2D eigenvalue weighted by atomic mass is 9.97. The van der Waals surface area contributed by atoms with E-state index in [1.165, 1.54) is 7.11 Å². The third-order valence-electron chi connectivity index (χ3n) is 5.62. The Morgan fingerprint density at radius 1 is 0.794 bits per heavy atom. The van der Waals surface area contributed by atoms with E-state index in [2.05, 4.69) is 19.9 Å². The highest BCUT2D eigenvalue weighted by atomic mass is 16.5. The van der Waals surface area contributed by atoms with Crippen molar-refractivity contribution in [3.8, 4) is 28.9 Å². The van der Waals surface area contributed by atoms with Gasteiger partial charge < -0.3 is 14.2 Å². The molecule has 1 aliphatic heterocycles. The minimum absolute atomic E-state index is 0.220. The lowest BCUT2D eigenvalue weighted by molar-refractivity contribution is 0.0992. The summed E-state index contributed by atoms with van der Waals surface area (Å²) in [5.41, 5.74) is 2.13. The van der Waals surface area contributed by atoms with Crippen molar-refractivity contribution < 1.29 is 19.0 Å². The van der Waals surface area contributed by atoms with Gasteiger partial charge in [-0.1, -0.05) is 12.1 Å². The third-order valence-corrected chi connectivity index (χ3v) is 5.62. The van der Waals surface area contributed by atoms with Crippen molar-refractivity contribution >= 4 is 11.7 Å². The Hall–Kier alpha value is -4.53. The Balaban J connectivity index is 1.70. The van der Waals surface area contributed by atoms with Crippen LogP contribution in [-0.2, 0) is 0 Å². The number of amides is 1. The first kappa shape index (κ1) is 21.3. The molecule has 9 heteroatoms. The van der Waals surface area contributed by atoms with Crippen LogP contribution in [0, 0.1) is 0 Å². The van der Waals surface area contributed by atoms with Gasteiger partial charge >= 0.3 is 0 Å². The molecule has 3 heterocycles. The molecule has 0 bridgehead atoms. The standard InChI is InChI=1S/C25H21N5O4/c1-32-16-7-4-6-15(12-16)22-17-13-19(33-2)20(34-3)14-18(17)25(31)30(22)21-8-11-28-24(29-21)23-26-9-5-10-27-23/h4-14,22H,1-3H3/t22-/m1/s1. The van der Waals surface area contributed by atoms with Gasteiger partial charge in [-0.3, -0.25) is 9.69 Å². The quantitative estimate of drug-likeness (QED) is 0.434. The molecule has 0 spiro atoms. The van der Waals surface area contributed by atoms with E-state index >= 15 is 0 Å². The zero-order valence-electron chi connectivity index (χ0n) is 18.8. The largest absolute Gasteiger partial charge is 0.497 e. The summed E-state index contributed by atoms with van der Waals surface area (Å²) in [5.74, 6) is 2.58. The number of carbonyl (C=O) groups excluding carboxylic acids is 1. The zero-order chi connectivity index (χ0) is 23.7. The van der Waals surface area contributed by atoms with Gasteiger partial charge in [0, 0.05) is 24.2 Å². The lowest BCUT2D eigenvalue weighted by Crippen LogP contribution is -2.29. The molecule has 34 heavy (non-hydrogen) atoms. The van der Waals surface area contributed by atoms with Crippen LogP contribution in [0.5, 0.6) is 17.2 Å². The summed E-state index contributed by atoms with van der Waals surface area (Å²) >= 11 is 0. The molecule has 1 amide bonds. The second-order valence-electron chi connectivity index (χ2n) is 7.46. The Kier molecular flexibility index (Phi) is 5.51. The van der Waals surface area contributed by atoms with Gasteiger partial charge in [-0.2, -0.15) is 0 Å². The number of rotatable bonds is 6. The molecule has 0 unspecified atom stereocenters. The fourth-order valence-electron chi connectivity index (χ4n) is 4.07. The molecule has 9 nitrogen and oxygen atoms in total. The molecule has 0 N–H and O–H groups in total. The molecular weight excluding hydrogens is 434 g/mol. The lowest BCUT2D eigenvalue weighted by Gasteiger charge is -2.25. The number of benzene rings is 2. The summed E-state index contributed by atoms with van der Waals surface area (Å²) < 4.78 is 16.4. The van der Waals surface area contributed by atoms with E-state index < -0.39 is 6.04 Å². The fourth-order valence-corrected chi connectivity index (χ4v) is 4.07. The third kappa shape index (κ3) is 3.57. The number of carbonyl (C=O) groups is 1. The fraction of sp³-hybridized carbons (Fsp3) is 0.160. The van der Waals surface area contributed by atoms with Gasteiger partial charge in [0.15, 0.2) is 23.1 Å². The van der Waals surface area contributed by atoms with Crippen LogP contribution in [0.4, 0.5) is 5.82 Å². The normalized spacial score (nSPS) is 14.6. The molecule has 1 aliphatic rings. The highest BCUT2D eigenvalue weighted by molar-refractivity contribution is 6.11. The smallest absolute Gasteiger partial charge is 0.260 e. The van der Waals surface area contributed by atoms with Crippen LogP contribution in [0.3, 0.4) is 0 Å². The maximum atomic E-state index is 13.8. The molecule has 0 fully saturated rings. The maximum absolute atomic E-state index is 13.8. The van der Waals surface area contributed by atoms with Crippen LogP contribution in [0.1, 0.15) is 27.5 Å². The van der Waals surface area contributed by atoms with Gasteiger partial charge in [-0.25, -0.2) is 19.9 Å². The van der Waals surface area contributed by atoms with Crippen molar-refractivity contribution in [2.45, 2.75) is 6.04 Å². The highest BCUT2D eigenvalue weighted by Gasteiger charge is 2.41. The van der Waals surface area contributed by atoms with Gasteiger partial charge in [-0.15, -0.1) is 0 Å². The van der Waals surface area contributed by atoms with E-state index in [9.17, 15) is 4.79 Å². The van der Waals surface area contributed by atoms with Crippen molar-refractivity contribution in [3.63, 3.8) is 0 Å². The molecule has 0 aliphatic carbocycles. The number of hydrogen-bond donors (Lipinski definition) is 0. The zero-order valence-corrected chi connectivity index (χ0v) is 18.8. The molecule has 5 rings (SSSR count). The average Bonchev–Trinajstić information content (AvgIpc) is 3.19. The van der Waals surface area contributed by atoms with Crippen LogP contribution in [0.2, 0.25) is 0 Å². The molecule has 2 aromatic carbocycles. The van der Waals surface area contributed by atoms with Gasteiger partial charge in [-0.05, 0) is 47.5 Å². The van der Waals surface area contributed by atoms with E-state index in [1.807, 2.05) is 30.3 Å². The van der Waals surface area contributed by atoms with Crippen molar-refractivity contribution in [2.75, 3.05) is 26.2 Å². The second-order valence-corrected chi connectivity index (χ2v) is 7.46. The summed E-state index contributed by atoms with van der Waals surface area (Å²) in [4.78, 5) is 32.8. The molecule has 1 atom stereocenters. The van der Waals surface area contributed by atoms with Crippen molar-refractivity contribution in [3.05, 3.63) is 83.8 Å². The Labute approximate surface area is 196 Å². The Morgan fingerprint density at radius 2 is 1.53 bits per heavy atom. The molecule has 0 saturated carbocycles. The summed E-state index contributed by atoms with van der Waals surface area (Å²) in [6, 6.07) is 14.1. The van der Waals surface area contributed by atoms with E-state index in [4.69, 9.17) is 14.2 Å². The van der Waals surface area contributed by atoms with Crippen LogP contribution in [0.15, 0.2) is 67.1 Å². The van der Waals surface area contributed by atoms with Gasteiger partial charge in [0.05, 0.1) is 27.4 Å². The number of ether oxygens (including phenoxy) is 3. The number of anilines is 1. The van der Waals surface area contributed by atoms with E-state index in [-0.39, 0.29) is 5.91 Å². The van der Waals surface area contributed by atoms with Gasteiger partial charge in [0.25, 0.3) is 5.91 Å². The van der Waals surface area contributed by atoms with Crippen LogP contribution in [0.25, 0.3) is 11.6 Å². The number of fused-ring (bicyclic) bond motifs is 1. The first-order chi connectivity index (χ1) is 16.6. The topological polar surface area (TPSA) is 99.6 Å². The van der Waals surface area contributed by atoms with E-state index in [0.717, 1.165) is 11.1 Å². The Bertz CT molecular complexity index is 1360. The molecule has 0 saturated heterocycles. The second kappa shape index (κ2) is 8.78. The molecule has 0 radical (unpaired) electrons. The first-order valence-corrected chi connectivity index (χ1v) is 10.5. The monoisotopic (exact) mass is 455 g/mol. The molecule has 2 aromatic heterocycles. The van der Waals surface area contributed by atoms with Gasteiger partial charge in [0.1, 0.15) is 11.6 Å². The highest BCUT2D eigenvalue weighted by Crippen LogP contribution is 2.45. The number of aromatic nitrogens is 4. The average molecular weight is 455 g/mol. The van der Waals surface area contributed by atoms with E-state index in [0.29, 0.717) is 40.3 Å². The van der Waals surface area contributed by atoms with Crippen LogP contribution in [-0.4, -0.2) is 47.2 Å². The minimum atomic E-state index is -0.475. The SMILES string of the molecule is COc1cccc([C@@H]2c3cc(OC)c(OC)cc3C(=O)N2c2ccnc(-c3ncccn3)n2)c1. The number of methoxy groups -OCH3 is 3. The summed E-state index contributed by atoms with van der Waals surface area (Å²) in [6.07, 6.45) is 4.83. The molecule has 170 valence electrons. The summed E-state index contributed by atoms with van der Waals surface area (Å²) in [7, 11) is 4.71. The van der Waals surface area contributed by atoms with Crippen molar-refractivity contribution in [1.29, 1.82) is 0 Å². The summed E-state index contributed by atoms with van der Waals surface area (Å²) in [6.45, 7) is 0. The molecule has 4 aromatic rings. The van der Waals surface area contributed by atoms with E-state index in [1.54, 1.807) is 55.9 Å². The number of hydrogen-bond acceptors (Lipinski definition) is 8. The predicted octanol–water partition coefficient (Wildman–Crippen LogP) is 3.71. The Morgan fingerprint density at radius 3 is 2.26 bits per heavy atom. The molecular formula is C25H21N5O4. The number of nitrogens with zero attached hydrogens (tertiary/aromatic N) is 5. The van der Waals surface area contributed by atoms with Crippen molar-refractivity contribution in [1.82, 2.24) is 19.9 Å². The maximum Gasteiger partial charge on any atom is 0.260 e. The van der Waals surface area contributed by atoms with Crippen molar-refractivity contribution in [2.24, 2.45) is 0 Å². The van der Waals surface area contributed by atoms with Crippen LogP contribution < -0.4 is 19.1 Å².